The third-order valence-electron chi connectivity index (χ3n) is 8.97. The number of rotatable bonds is 3. The molecular weight excluding hydrogens is 386 g/mol. The lowest BCUT2D eigenvalue weighted by molar-refractivity contribution is 0.490. The summed E-state index contributed by atoms with van der Waals surface area (Å²) in [6.45, 7) is 4.71. The van der Waals surface area contributed by atoms with E-state index in [0.29, 0.717) is 5.92 Å². The van der Waals surface area contributed by atoms with E-state index in [1.807, 2.05) is 0 Å². The zero-order valence-corrected chi connectivity index (χ0v) is 19.0. The van der Waals surface area contributed by atoms with Crippen LogP contribution >= 0.6 is 0 Å². The minimum absolute atomic E-state index is 0.112. The van der Waals surface area contributed by atoms with E-state index >= 15 is 0 Å². The summed E-state index contributed by atoms with van der Waals surface area (Å²) >= 11 is 0. The van der Waals surface area contributed by atoms with Gasteiger partial charge in [0.2, 0.25) is 0 Å². The maximum Gasteiger partial charge on any atom is 0.0747 e. The summed E-state index contributed by atoms with van der Waals surface area (Å²) in [5, 5.41) is 1.39. The van der Waals surface area contributed by atoms with Crippen molar-refractivity contribution in [2.45, 2.75) is 63.2 Å². The first-order chi connectivity index (χ1) is 15.7. The molecule has 32 heavy (non-hydrogen) atoms. The van der Waals surface area contributed by atoms with Crippen molar-refractivity contribution in [3.63, 3.8) is 0 Å². The molecule has 0 saturated heterocycles. The number of pyridine rings is 1. The van der Waals surface area contributed by atoms with E-state index in [-0.39, 0.29) is 5.41 Å². The quantitative estimate of drug-likeness (QED) is 0.327. The molecule has 0 N–H and O–H groups in total. The van der Waals surface area contributed by atoms with Gasteiger partial charge in [-0.15, -0.1) is 0 Å². The molecule has 3 aromatic carbocycles. The van der Waals surface area contributed by atoms with Crippen LogP contribution in [0.4, 0.5) is 0 Å². The Morgan fingerprint density at radius 1 is 0.781 bits per heavy atom. The first-order valence-corrected chi connectivity index (χ1v) is 12.4. The first-order valence-electron chi connectivity index (χ1n) is 12.4. The fraction of sp³-hybridized carbons (Fsp3) is 0.323. The van der Waals surface area contributed by atoms with Crippen LogP contribution in [-0.4, -0.2) is 4.98 Å². The molecule has 0 aliphatic heterocycles. The van der Waals surface area contributed by atoms with Crippen LogP contribution in [0.15, 0.2) is 66.7 Å². The zero-order valence-electron chi connectivity index (χ0n) is 19.0. The molecule has 2 unspecified atom stereocenters. The molecule has 158 valence electrons. The van der Waals surface area contributed by atoms with Gasteiger partial charge in [0.05, 0.1) is 11.2 Å². The highest BCUT2D eigenvalue weighted by molar-refractivity contribution is 5.91. The average Bonchev–Trinajstić information content (AvgIpc) is 3.55. The van der Waals surface area contributed by atoms with E-state index in [1.54, 1.807) is 11.1 Å². The molecule has 1 saturated carbocycles. The molecule has 2 bridgehead atoms. The molecule has 1 heterocycles. The number of nitrogens with zero attached hydrogens (tertiary/aromatic N) is 1. The first kappa shape index (κ1) is 18.6. The van der Waals surface area contributed by atoms with Crippen molar-refractivity contribution in [2.75, 3.05) is 0 Å². The molecule has 3 aliphatic rings. The minimum Gasteiger partial charge on any atom is -0.247 e. The van der Waals surface area contributed by atoms with Gasteiger partial charge < -0.3 is 0 Å². The lowest BCUT2D eigenvalue weighted by atomic mass is 9.73. The molecule has 4 aromatic rings. The Morgan fingerprint density at radius 3 is 2.34 bits per heavy atom. The summed E-state index contributed by atoms with van der Waals surface area (Å²) in [5.41, 5.74) is 12.9. The van der Waals surface area contributed by atoms with Gasteiger partial charge in [-0.3, -0.25) is 0 Å². The monoisotopic (exact) mass is 415 g/mol. The van der Waals surface area contributed by atoms with Crippen LogP contribution in [0, 0.1) is 0 Å². The van der Waals surface area contributed by atoms with Gasteiger partial charge in [-0.05, 0) is 89.5 Å². The highest BCUT2D eigenvalue weighted by atomic mass is 14.7. The maximum absolute atomic E-state index is 5.31. The van der Waals surface area contributed by atoms with Gasteiger partial charge in [-0.1, -0.05) is 68.4 Å². The lowest BCUT2D eigenvalue weighted by Gasteiger charge is -2.30. The second-order valence-corrected chi connectivity index (χ2v) is 10.1. The van der Waals surface area contributed by atoms with Gasteiger partial charge >= 0.3 is 0 Å². The Morgan fingerprint density at radius 2 is 1.50 bits per heavy atom. The summed E-state index contributed by atoms with van der Waals surface area (Å²) in [6, 6.07) is 25.1. The zero-order chi connectivity index (χ0) is 21.4. The number of fused-ring (bicyclic) bond motifs is 10. The average molecular weight is 416 g/mol. The smallest absolute Gasteiger partial charge is 0.0747 e. The standard InChI is InChI=1S/C31H29N/c1-3-31(4-2)25-11-7-5-9-22(25)23-16-15-21(18-26(23)31)30-29-20-14-13-19(17-20)28(29)24-10-6-8-12-27(24)32-30/h5-12,15-16,18-20H,3-4,13-14,17H2,1-2H3. The number of hydrogen-bond donors (Lipinski definition) is 0. The van der Waals surface area contributed by atoms with Crippen molar-refractivity contribution in [1.29, 1.82) is 0 Å². The molecular formula is C31H29N. The van der Waals surface area contributed by atoms with E-state index in [2.05, 4.69) is 80.6 Å². The Balaban J connectivity index is 1.50. The number of para-hydroxylation sites is 1. The highest BCUT2D eigenvalue weighted by Crippen LogP contribution is 2.58. The number of hydrogen-bond acceptors (Lipinski definition) is 1. The summed E-state index contributed by atoms with van der Waals surface area (Å²) < 4.78 is 0. The fourth-order valence-electron chi connectivity index (χ4n) is 7.45. The SMILES string of the molecule is CCC1(CC)c2ccccc2-c2ccc(-c3nc4ccccc4c4c3C3CCC4C3)cc21. The summed E-state index contributed by atoms with van der Waals surface area (Å²) in [4.78, 5) is 5.31. The summed E-state index contributed by atoms with van der Waals surface area (Å²) in [6.07, 6.45) is 6.26. The lowest BCUT2D eigenvalue weighted by Crippen LogP contribution is -2.23. The Hall–Kier alpha value is -2.93. The van der Waals surface area contributed by atoms with E-state index < -0.39 is 0 Å². The summed E-state index contributed by atoms with van der Waals surface area (Å²) in [5.74, 6) is 1.42. The molecule has 0 spiro atoms. The molecule has 0 amide bonds. The van der Waals surface area contributed by atoms with E-state index in [0.717, 1.165) is 24.3 Å². The Kier molecular flexibility index (Phi) is 3.81. The fourth-order valence-corrected chi connectivity index (χ4v) is 7.45. The van der Waals surface area contributed by atoms with Crippen LogP contribution < -0.4 is 0 Å². The summed E-state index contributed by atoms with van der Waals surface area (Å²) in [7, 11) is 0. The van der Waals surface area contributed by atoms with Crippen molar-refractivity contribution in [3.05, 3.63) is 89.0 Å². The molecule has 0 radical (unpaired) electrons. The molecule has 2 atom stereocenters. The van der Waals surface area contributed by atoms with Gasteiger partial charge in [0.15, 0.2) is 0 Å². The van der Waals surface area contributed by atoms with E-state index in [1.165, 1.54) is 58.2 Å². The third-order valence-corrected chi connectivity index (χ3v) is 8.97. The third kappa shape index (κ3) is 2.22. The molecule has 1 fully saturated rings. The van der Waals surface area contributed by atoms with Crippen LogP contribution in [-0.2, 0) is 5.41 Å². The second kappa shape index (κ2) is 6.54. The number of benzene rings is 3. The Labute approximate surface area is 190 Å². The van der Waals surface area contributed by atoms with Crippen LogP contribution in [0.5, 0.6) is 0 Å². The highest BCUT2D eigenvalue weighted by Gasteiger charge is 2.42. The van der Waals surface area contributed by atoms with Crippen molar-refractivity contribution >= 4 is 10.9 Å². The second-order valence-electron chi connectivity index (χ2n) is 10.1. The van der Waals surface area contributed by atoms with Crippen molar-refractivity contribution in [3.8, 4) is 22.4 Å². The predicted molar refractivity (Wildman–Crippen MR) is 133 cm³/mol. The largest absolute Gasteiger partial charge is 0.247 e. The van der Waals surface area contributed by atoms with Crippen LogP contribution in [0.1, 0.15) is 80.0 Å². The number of aromatic nitrogens is 1. The minimum atomic E-state index is 0.112. The molecule has 1 nitrogen and oxygen atoms in total. The van der Waals surface area contributed by atoms with E-state index in [4.69, 9.17) is 4.98 Å². The van der Waals surface area contributed by atoms with Gasteiger partial charge in [-0.25, -0.2) is 4.98 Å². The van der Waals surface area contributed by atoms with Gasteiger partial charge in [-0.2, -0.15) is 0 Å². The van der Waals surface area contributed by atoms with Crippen molar-refractivity contribution < 1.29 is 0 Å². The van der Waals surface area contributed by atoms with Crippen LogP contribution in [0.3, 0.4) is 0 Å². The normalized spacial score (nSPS) is 21.6. The topological polar surface area (TPSA) is 12.9 Å². The van der Waals surface area contributed by atoms with Crippen LogP contribution in [0.2, 0.25) is 0 Å². The molecule has 3 aliphatic carbocycles. The Bertz CT molecular complexity index is 1390. The van der Waals surface area contributed by atoms with Crippen molar-refractivity contribution in [2.24, 2.45) is 0 Å². The van der Waals surface area contributed by atoms with Gasteiger partial charge in [0, 0.05) is 16.4 Å². The molecule has 1 aromatic heterocycles. The molecule has 7 rings (SSSR count). The van der Waals surface area contributed by atoms with Crippen molar-refractivity contribution in [1.82, 2.24) is 4.98 Å². The maximum atomic E-state index is 5.31. The predicted octanol–water partition coefficient (Wildman–Crippen LogP) is 8.35. The van der Waals surface area contributed by atoms with Gasteiger partial charge in [0.1, 0.15) is 0 Å². The molecule has 1 heteroatoms. The van der Waals surface area contributed by atoms with Gasteiger partial charge in [0.25, 0.3) is 0 Å². The van der Waals surface area contributed by atoms with Crippen LogP contribution in [0.25, 0.3) is 33.3 Å². The van der Waals surface area contributed by atoms with E-state index in [9.17, 15) is 0 Å².